The molecule has 0 aliphatic carbocycles. The summed E-state index contributed by atoms with van der Waals surface area (Å²) in [7, 11) is 0. The van der Waals surface area contributed by atoms with Gasteiger partial charge in [-0.05, 0) is 25.3 Å². The van der Waals surface area contributed by atoms with Gasteiger partial charge in [0.15, 0.2) is 0 Å². The van der Waals surface area contributed by atoms with E-state index in [0.717, 1.165) is 20.5 Å². The van der Waals surface area contributed by atoms with Crippen LogP contribution in [-0.2, 0) is 0 Å². The maximum Gasteiger partial charge on any atom is 0.103 e. The van der Waals surface area contributed by atoms with Gasteiger partial charge in [0, 0.05) is 4.88 Å². The highest BCUT2D eigenvalue weighted by atomic mass is 32.1. The van der Waals surface area contributed by atoms with Gasteiger partial charge >= 0.3 is 0 Å². The van der Waals surface area contributed by atoms with Crippen LogP contribution in [0.3, 0.4) is 0 Å². The number of thiophene rings is 1. The molecule has 0 amide bonds. The molecule has 0 aliphatic rings. The summed E-state index contributed by atoms with van der Waals surface area (Å²) in [6.45, 7) is 3.85. The Morgan fingerprint density at radius 3 is 2.71 bits per heavy atom. The zero-order valence-electron chi connectivity index (χ0n) is 9.52. The molecule has 2 aromatic rings. The van der Waals surface area contributed by atoms with Crippen molar-refractivity contribution in [2.75, 3.05) is 0 Å². The number of hydrogen-bond donors (Lipinski definition) is 1. The van der Waals surface area contributed by atoms with E-state index < -0.39 is 0 Å². The van der Waals surface area contributed by atoms with Gasteiger partial charge in [-0.15, -0.1) is 22.7 Å². The molecular weight excluding hydrogens is 250 g/mol. The van der Waals surface area contributed by atoms with Gasteiger partial charge in [0.25, 0.3) is 0 Å². The van der Waals surface area contributed by atoms with E-state index in [9.17, 15) is 5.26 Å². The predicted octanol–water partition coefficient (Wildman–Crippen LogP) is 3.17. The van der Waals surface area contributed by atoms with E-state index in [0.29, 0.717) is 11.3 Å². The van der Waals surface area contributed by atoms with Crippen molar-refractivity contribution in [3.05, 3.63) is 38.0 Å². The molecule has 0 aliphatic heterocycles. The van der Waals surface area contributed by atoms with E-state index in [1.807, 2.05) is 31.4 Å². The summed E-state index contributed by atoms with van der Waals surface area (Å²) in [6, 6.07) is 6.00. The zero-order valence-corrected chi connectivity index (χ0v) is 11.2. The predicted molar refractivity (Wildman–Crippen MR) is 72.5 cm³/mol. The fourth-order valence-corrected chi connectivity index (χ4v) is 3.18. The first kappa shape index (κ1) is 11.8. The van der Waals surface area contributed by atoms with Crippen molar-refractivity contribution in [1.82, 2.24) is 4.98 Å². The van der Waals surface area contributed by atoms with Crippen molar-refractivity contribution in [1.29, 1.82) is 5.26 Å². The van der Waals surface area contributed by atoms with Gasteiger partial charge in [-0.25, -0.2) is 4.98 Å². The highest BCUT2D eigenvalue weighted by Crippen LogP contribution is 2.30. The van der Waals surface area contributed by atoms with Crippen molar-refractivity contribution in [3.8, 4) is 6.07 Å². The van der Waals surface area contributed by atoms with Crippen molar-refractivity contribution in [2.24, 2.45) is 5.73 Å². The topological polar surface area (TPSA) is 62.7 Å². The Hall–Kier alpha value is -1.64. The molecule has 17 heavy (non-hydrogen) atoms. The molecule has 5 heteroatoms. The molecule has 0 unspecified atom stereocenters. The monoisotopic (exact) mass is 261 g/mol. The van der Waals surface area contributed by atoms with Crippen LogP contribution < -0.4 is 5.73 Å². The quantitative estimate of drug-likeness (QED) is 0.844. The van der Waals surface area contributed by atoms with Gasteiger partial charge < -0.3 is 5.73 Å². The smallest absolute Gasteiger partial charge is 0.103 e. The molecule has 2 aromatic heterocycles. The second-order valence-electron chi connectivity index (χ2n) is 3.53. The minimum atomic E-state index is 0.526. The molecule has 86 valence electrons. The van der Waals surface area contributed by atoms with E-state index in [2.05, 4.69) is 11.1 Å². The summed E-state index contributed by atoms with van der Waals surface area (Å²) in [5, 5.41) is 12.1. The SMILES string of the molecule is Cc1nc(C)c(/C(N)=C(/C#N)c2cccs2)s1. The highest BCUT2D eigenvalue weighted by Gasteiger charge is 2.14. The first-order valence-corrected chi connectivity index (χ1v) is 6.71. The summed E-state index contributed by atoms with van der Waals surface area (Å²) in [6.07, 6.45) is 0. The Morgan fingerprint density at radius 2 is 2.24 bits per heavy atom. The van der Waals surface area contributed by atoms with Crippen LogP contribution in [-0.4, -0.2) is 4.98 Å². The molecule has 0 bridgehead atoms. The maximum absolute atomic E-state index is 9.23. The molecule has 0 atom stereocenters. The molecule has 0 aromatic carbocycles. The minimum absolute atomic E-state index is 0.526. The van der Waals surface area contributed by atoms with E-state index in [4.69, 9.17) is 5.73 Å². The molecular formula is C12H11N3S2. The summed E-state index contributed by atoms with van der Waals surface area (Å²) < 4.78 is 0. The van der Waals surface area contributed by atoms with Crippen molar-refractivity contribution in [2.45, 2.75) is 13.8 Å². The first-order chi connectivity index (χ1) is 8.13. The normalized spacial score (nSPS) is 12.1. The maximum atomic E-state index is 9.23. The number of aromatic nitrogens is 1. The van der Waals surface area contributed by atoms with Crippen molar-refractivity contribution >= 4 is 33.9 Å². The van der Waals surface area contributed by atoms with E-state index in [1.54, 1.807) is 0 Å². The van der Waals surface area contributed by atoms with Gasteiger partial charge in [0.2, 0.25) is 0 Å². The Bertz CT molecular complexity index is 600. The van der Waals surface area contributed by atoms with Crippen LogP contribution in [0, 0.1) is 25.2 Å². The lowest BCUT2D eigenvalue weighted by Crippen LogP contribution is -1.99. The lowest BCUT2D eigenvalue weighted by Gasteiger charge is -2.02. The van der Waals surface area contributed by atoms with E-state index >= 15 is 0 Å². The minimum Gasteiger partial charge on any atom is -0.396 e. The van der Waals surface area contributed by atoms with Gasteiger partial charge in [0.05, 0.1) is 26.8 Å². The third kappa shape index (κ3) is 2.23. The fourth-order valence-electron chi connectivity index (χ4n) is 1.56. The van der Waals surface area contributed by atoms with Crippen LogP contribution in [0.25, 0.3) is 11.3 Å². The number of hydrogen-bond acceptors (Lipinski definition) is 5. The molecule has 3 nitrogen and oxygen atoms in total. The van der Waals surface area contributed by atoms with Crippen LogP contribution in [0.1, 0.15) is 20.5 Å². The molecule has 0 saturated carbocycles. The second kappa shape index (κ2) is 4.70. The van der Waals surface area contributed by atoms with Gasteiger partial charge in [-0.2, -0.15) is 5.26 Å². The summed E-state index contributed by atoms with van der Waals surface area (Å²) in [5.74, 6) is 0. The zero-order chi connectivity index (χ0) is 12.4. The summed E-state index contributed by atoms with van der Waals surface area (Å²) in [4.78, 5) is 6.12. The number of aryl methyl sites for hydroxylation is 2. The van der Waals surface area contributed by atoms with Gasteiger partial charge in [-0.3, -0.25) is 0 Å². The van der Waals surface area contributed by atoms with Crippen LogP contribution in [0.2, 0.25) is 0 Å². The van der Waals surface area contributed by atoms with Crippen LogP contribution in [0.5, 0.6) is 0 Å². The molecule has 0 radical (unpaired) electrons. The molecule has 0 spiro atoms. The summed E-state index contributed by atoms with van der Waals surface area (Å²) in [5.41, 5.74) is 8.03. The Balaban J connectivity index is 2.58. The van der Waals surface area contributed by atoms with E-state index in [-0.39, 0.29) is 0 Å². The van der Waals surface area contributed by atoms with Gasteiger partial charge in [-0.1, -0.05) is 6.07 Å². The third-order valence-corrected chi connectivity index (χ3v) is 4.29. The lowest BCUT2D eigenvalue weighted by atomic mass is 10.1. The lowest BCUT2D eigenvalue weighted by molar-refractivity contribution is 1.19. The molecule has 0 fully saturated rings. The van der Waals surface area contributed by atoms with Crippen LogP contribution in [0.4, 0.5) is 0 Å². The van der Waals surface area contributed by atoms with Gasteiger partial charge in [0.1, 0.15) is 6.07 Å². The summed E-state index contributed by atoms with van der Waals surface area (Å²) >= 11 is 3.04. The number of nitrogens with two attached hydrogens (primary N) is 1. The fraction of sp³-hybridized carbons (Fsp3) is 0.167. The van der Waals surface area contributed by atoms with Crippen molar-refractivity contribution < 1.29 is 0 Å². The average molecular weight is 261 g/mol. The van der Waals surface area contributed by atoms with Crippen molar-refractivity contribution in [3.63, 3.8) is 0 Å². The number of allylic oxidation sites excluding steroid dienone is 1. The number of nitrogens with zero attached hydrogens (tertiary/aromatic N) is 2. The second-order valence-corrected chi connectivity index (χ2v) is 5.68. The Labute approximate surface area is 108 Å². The molecule has 2 rings (SSSR count). The number of rotatable bonds is 2. The standard InChI is InChI=1S/C12H11N3S2/c1-7-12(17-8(2)15-7)11(14)9(6-13)10-4-3-5-16-10/h3-5H,14H2,1-2H3/b11-9+. The molecule has 2 heterocycles. The first-order valence-electron chi connectivity index (χ1n) is 5.01. The molecule has 0 saturated heterocycles. The van der Waals surface area contributed by atoms with Crippen LogP contribution >= 0.6 is 22.7 Å². The number of thiazole rings is 1. The average Bonchev–Trinajstić information content (AvgIpc) is 2.89. The molecule has 2 N–H and O–H groups in total. The number of nitriles is 1. The van der Waals surface area contributed by atoms with Crippen LogP contribution in [0.15, 0.2) is 17.5 Å². The Kier molecular flexibility index (Phi) is 3.27. The Morgan fingerprint density at radius 1 is 1.47 bits per heavy atom. The van der Waals surface area contributed by atoms with E-state index in [1.165, 1.54) is 22.7 Å². The third-order valence-electron chi connectivity index (χ3n) is 2.30. The highest BCUT2D eigenvalue weighted by molar-refractivity contribution is 7.13. The largest absolute Gasteiger partial charge is 0.396 e.